The minimum absolute atomic E-state index is 0.134. The molecule has 1 aromatic rings. The van der Waals surface area contributed by atoms with Crippen molar-refractivity contribution in [3.63, 3.8) is 0 Å². The number of hydrogen-bond acceptors (Lipinski definition) is 7. The maximum atomic E-state index is 10.6. The quantitative estimate of drug-likeness (QED) is 0.254. The zero-order valence-electron chi connectivity index (χ0n) is 21.4. The molecule has 8 heteroatoms. The second-order valence-electron chi connectivity index (χ2n) is 9.49. The van der Waals surface area contributed by atoms with Gasteiger partial charge < -0.3 is 35.0 Å². The van der Waals surface area contributed by atoms with Gasteiger partial charge in [-0.2, -0.15) is 0 Å². The number of aliphatic hydroxyl groups excluding tert-OH is 3. The Morgan fingerprint density at radius 2 is 1.56 bits per heavy atom. The number of phenolic OH excluding ortho intramolecular Hbond substituents is 1. The number of aliphatic hydroxyl groups is 3. The molecule has 1 aromatic carbocycles. The van der Waals surface area contributed by atoms with Crippen LogP contribution in [0, 0.1) is 0 Å². The predicted octanol–water partition coefficient (Wildman–Crippen LogP) is 4.02. The fraction of sp³-hybridized carbons (Fsp3) is 0.536. The third kappa shape index (κ3) is 10.1. The first-order valence-corrected chi connectivity index (χ1v) is 12.4. The SMILES string of the molecule is CC(=CCc1cc(O[C@@H]2OC[C@@H](O)[C@H](O)[C@H]2O)ccc1O)CC/C=C(\C)CC/C=C(\C)CCC(=O)O. The minimum atomic E-state index is -1.39. The van der Waals surface area contributed by atoms with Crippen LogP contribution in [0.25, 0.3) is 0 Å². The van der Waals surface area contributed by atoms with E-state index < -0.39 is 30.6 Å². The van der Waals surface area contributed by atoms with Crippen LogP contribution in [0.5, 0.6) is 11.5 Å². The van der Waals surface area contributed by atoms with E-state index in [1.807, 2.05) is 13.8 Å². The maximum Gasteiger partial charge on any atom is 0.303 e. The van der Waals surface area contributed by atoms with Crippen LogP contribution in [0.1, 0.15) is 64.9 Å². The Kier molecular flexibility index (Phi) is 12.2. The molecule has 0 radical (unpaired) electrons. The summed E-state index contributed by atoms with van der Waals surface area (Å²) in [4.78, 5) is 10.6. The Labute approximate surface area is 213 Å². The van der Waals surface area contributed by atoms with Crippen molar-refractivity contribution in [1.29, 1.82) is 0 Å². The van der Waals surface area contributed by atoms with Crippen LogP contribution in [0.15, 0.2) is 53.1 Å². The number of aromatic hydroxyl groups is 1. The molecule has 5 N–H and O–H groups in total. The van der Waals surface area contributed by atoms with Crippen molar-refractivity contribution in [2.75, 3.05) is 6.61 Å². The van der Waals surface area contributed by atoms with Gasteiger partial charge in [-0.3, -0.25) is 4.79 Å². The van der Waals surface area contributed by atoms with E-state index in [0.29, 0.717) is 24.2 Å². The number of benzene rings is 1. The molecular weight excluding hydrogens is 464 g/mol. The minimum Gasteiger partial charge on any atom is -0.508 e. The van der Waals surface area contributed by atoms with Crippen molar-refractivity contribution in [3.8, 4) is 11.5 Å². The molecule has 4 atom stereocenters. The molecule has 0 aromatic heterocycles. The van der Waals surface area contributed by atoms with Crippen molar-refractivity contribution in [3.05, 3.63) is 58.7 Å². The largest absolute Gasteiger partial charge is 0.508 e. The van der Waals surface area contributed by atoms with E-state index in [9.17, 15) is 25.2 Å². The van der Waals surface area contributed by atoms with E-state index in [4.69, 9.17) is 14.6 Å². The van der Waals surface area contributed by atoms with Crippen LogP contribution in [-0.2, 0) is 16.0 Å². The molecule has 0 amide bonds. The number of carbonyl (C=O) groups is 1. The number of allylic oxidation sites excluding steroid dienone is 6. The van der Waals surface area contributed by atoms with Gasteiger partial charge in [-0.25, -0.2) is 0 Å². The predicted molar refractivity (Wildman–Crippen MR) is 137 cm³/mol. The van der Waals surface area contributed by atoms with Crippen LogP contribution in [0.2, 0.25) is 0 Å². The molecule has 1 aliphatic rings. The Morgan fingerprint density at radius 3 is 2.19 bits per heavy atom. The summed E-state index contributed by atoms with van der Waals surface area (Å²) in [5.74, 6) is -0.253. The molecule has 200 valence electrons. The molecule has 0 bridgehead atoms. The number of carboxylic acids is 1. The Morgan fingerprint density at radius 1 is 0.944 bits per heavy atom. The van der Waals surface area contributed by atoms with Crippen molar-refractivity contribution in [2.45, 2.75) is 90.3 Å². The number of ether oxygens (including phenoxy) is 2. The molecule has 0 unspecified atom stereocenters. The molecule has 0 spiro atoms. The molecule has 0 aliphatic carbocycles. The normalized spacial score (nSPS) is 23.6. The van der Waals surface area contributed by atoms with Crippen molar-refractivity contribution in [1.82, 2.24) is 0 Å². The molecule has 36 heavy (non-hydrogen) atoms. The van der Waals surface area contributed by atoms with Gasteiger partial charge in [0.25, 0.3) is 0 Å². The Balaban J connectivity index is 1.82. The second-order valence-corrected chi connectivity index (χ2v) is 9.49. The number of hydrogen-bond donors (Lipinski definition) is 5. The van der Waals surface area contributed by atoms with Crippen molar-refractivity contribution >= 4 is 5.97 Å². The highest BCUT2D eigenvalue weighted by molar-refractivity contribution is 5.67. The number of phenols is 1. The smallest absolute Gasteiger partial charge is 0.303 e. The highest BCUT2D eigenvalue weighted by atomic mass is 16.7. The van der Waals surface area contributed by atoms with E-state index in [0.717, 1.165) is 31.3 Å². The molecule has 1 saturated heterocycles. The Bertz CT molecular complexity index is 949. The topological polar surface area (TPSA) is 137 Å². The van der Waals surface area contributed by atoms with Crippen molar-refractivity contribution in [2.24, 2.45) is 0 Å². The molecule has 1 fully saturated rings. The standard InChI is InChI=1S/C28H40O8/c1-18(7-5-9-20(3)11-15-25(31)32)6-4-8-19(2)10-12-21-16-22(13-14-23(21)29)36-28-27(34)26(33)24(30)17-35-28/h6,9-10,13-14,16,24,26-30,33-34H,4-5,7-8,11-12,15,17H2,1-3H3,(H,31,32)/b18-6+,19-10?,20-9+/t24-,26+,27-,28+/m1/s1. The van der Waals surface area contributed by atoms with Crippen LogP contribution in [-0.4, -0.2) is 62.7 Å². The number of carboxylic acid groups (broad SMARTS) is 1. The summed E-state index contributed by atoms with van der Waals surface area (Å²) in [6.45, 7) is 5.98. The van der Waals surface area contributed by atoms with Gasteiger partial charge in [0.2, 0.25) is 6.29 Å². The lowest BCUT2D eigenvalue weighted by molar-refractivity contribution is -0.242. The number of rotatable bonds is 13. The molecular formula is C28H40O8. The summed E-state index contributed by atoms with van der Waals surface area (Å²) in [5.41, 5.74) is 4.27. The zero-order chi connectivity index (χ0) is 26.7. The average Bonchev–Trinajstić information content (AvgIpc) is 2.83. The zero-order valence-corrected chi connectivity index (χ0v) is 21.4. The van der Waals surface area contributed by atoms with Gasteiger partial charge in [0.15, 0.2) is 0 Å². The average molecular weight is 505 g/mol. The molecule has 2 rings (SSSR count). The second kappa shape index (κ2) is 14.8. The van der Waals surface area contributed by atoms with Gasteiger partial charge >= 0.3 is 5.97 Å². The monoisotopic (exact) mass is 504 g/mol. The third-order valence-corrected chi connectivity index (χ3v) is 6.22. The summed E-state index contributed by atoms with van der Waals surface area (Å²) in [6.07, 6.45) is 6.31. The van der Waals surface area contributed by atoms with Gasteiger partial charge in [0.05, 0.1) is 6.61 Å². The first-order valence-electron chi connectivity index (χ1n) is 12.4. The molecule has 0 saturated carbocycles. The van der Waals surface area contributed by atoms with E-state index in [2.05, 4.69) is 25.2 Å². The summed E-state index contributed by atoms with van der Waals surface area (Å²) in [6, 6.07) is 4.74. The van der Waals surface area contributed by atoms with Crippen LogP contribution in [0.4, 0.5) is 0 Å². The van der Waals surface area contributed by atoms with Gasteiger partial charge in [-0.15, -0.1) is 0 Å². The molecule has 1 heterocycles. The van der Waals surface area contributed by atoms with E-state index in [-0.39, 0.29) is 18.8 Å². The maximum absolute atomic E-state index is 10.6. The summed E-state index contributed by atoms with van der Waals surface area (Å²) in [7, 11) is 0. The van der Waals surface area contributed by atoms with Gasteiger partial charge in [0, 0.05) is 12.0 Å². The summed E-state index contributed by atoms with van der Waals surface area (Å²) < 4.78 is 10.9. The molecule has 8 nitrogen and oxygen atoms in total. The lowest BCUT2D eigenvalue weighted by Crippen LogP contribution is -2.54. The summed E-state index contributed by atoms with van der Waals surface area (Å²) in [5, 5.41) is 48.4. The summed E-state index contributed by atoms with van der Waals surface area (Å²) >= 11 is 0. The van der Waals surface area contributed by atoms with Crippen LogP contribution < -0.4 is 4.74 Å². The van der Waals surface area contributed by atoms with E-state index >= 15 is 0 Å². The first-order chi connectivity index (χ1) is 17.1. The van der Waals surface area contributed by atoms with E-state index in [1.54, 1.807) is 12.1 Å². The molecule has 1 aliphatic heterocycles. The number of aliphatic carboxylic acids is 1. The van der Waals surface area contributed by atoms with E-state index in [1.165, 1.54) is 17.2 Å². The fourth-order valence-corrected chi connectivity index (χ4v) is 3.80. The van der Waals surface area contributed by atoms with Gasteiger partial charge in [0.1, 0.15) is 29.8 Å². The highest BCUT2D eigenvalue weighted by Crippen LogP contribution is 2.27. The highest BCUT2D eigenvalue weighted by Gasteiger charge is 2.39. The van der Waals surface area contributed by atoms with Gasteiger partial charge in [-0.1, -0.05) is 34.9 Å². The van der Waals surface area contributed by atoms with Crippen LogP contribution in [0.3, 0.4) is 0 Å². The third-order valence-electron chi connectivity index (χ3n) is 6.22. The Hall–Kier alpha value is -2.65. The van der Waals surface area contributed by atoms with Crippen molar-refractivity contribution < 1.29 is 39.8 Å². The lowest BCUT2D eigenvalue weighted by Gasteiger charge is -2.35. The fourth-order valence-electron chi connectivity index (χ4n) is 3.80. The van der Waals surface area contributed by atoms with Gasteiger partial charge in [-0.05, 0) is 77.5 Å². The first kappa shape index (κ1) is 29.6. The van der Waals surface area contributed by atoms with Crippen LogP contribution >= 0.6 is 0 Å². The lowest BCUT2D eigenvalue weighted by atomic mass is 10.0.